The van der Waals surface area contributed by atoms with Gasteiger partial charge in [0.1, 0.15) is 0 Å². The molecule has 0 aliphatic carbocycles. The summed E-state index contributed by atoms with van der Waals surface area (Å²) in [6, 6.07) is 6.99. The zero-order chi connectivity index (χ0) is 14.2. The van der Waals surface area contributed by atoms with Crippen molar-refractivity contribution in [3.63, 3.8) is 0 Å². The van der Waals surface area contributed by atoms with E-state index < -0.39 is 17.7 Å². The molecule has 2 aromatic rings. The fraction of sp³-hybridized carbons (Fsp3) is 0.143. The van der Waals surface area contributed by atoms with Gasteiger partial charge in [-0.15, -0.1) is 0 Å². The van der Waals surface area contributed by atoms with E-state index in [1.807, 2.05) is 25.1 Å². The number of hydrogen-bond acceptors (Lipinski definition) is 1. The van der Waals surface area contributed by atoms with Crippen LogP contribution in [0.2, 0.25) is 5.02 Å². The quantitative estimate of drug-likeness (QED) is 0.781. The highest BCUT2D eigenvalue weighted by molar-refractivity contribution is 9.10. The molecule has 0 spiro atoms. The summed E-state index contributed by atoms with van der Waals surface area (Å²) in [7, 11) is 0. The van der Waals surface area contributed by atoms with E-state index in [-0.39, 0.29) is 5.02 Å². The molecule has 0 amide bonds. The molecule has 0 aliphatic rings. The molecule has 0 aliphatic heterocycles. The summed E-state index contributed by atoms with van der Waals surface area (Å²) in [5.41, 5.74) is 8.27. The van der Waals surface area contributed by atoms with E-state index in [4.69, 9.17) is 17.3 Å². The predicted molar refractivity (Wildman–Crippen MR) is 76.3 cm³/mol. The smallest absolute Gasteiger partial charge is 0.160 e. The van der Waals surface area contributed by atoms with E-state index in [1.54, 1.807) is 0 Å². The van der Waals surface area contributed by atoms with Crippen molar-refractivity contribution in [1.29, 1.82) is 0 Å². The Morgan fingerprint density at radius 1 is 1.11 bits per heavy atom. The summed E-state index contributed by atoms with van der Waals surface area (Å²) >= 11 is 9.34. The van der Waals surface area contributed by atoms with Crippen LogP contribution in [-0.2, 0) is 0 Å². The van der Waals surface area contributed by atoms with E-state index in [0.29, 0.717) is 5.56 Å². The van der Waals surface area contributed by atoms with Gasteiger partial charge in [-0.2, -0.15) is 0 Å². The van der Waals surface area contributed by atoms with Crippen LogP contribution in [0.1, 0.15) is 22.7 Å². The fourth-order valence-electron chi connectivity index (χ4n) is 1.83. The lowest BCUT2D eigenvalue weighted by atomic mass is 9.98. The number of benzene rings is 2. The van der Waals surface area contributed by atoms with Crippen molar-refractivity contribution in [3.05, 3.63) is 68.2 Å². The van der Waals surface area contributed by atoms with Crippen molar-refractivity contribution in [1.82, 2.24) is 0 Å². The van der Waals surface area contributed by atoms with Crippen LogP contribution in [0.4, 0.5) is 8.78 Å². The molecule has 0 heterocycles. The monoisotopic (exact) mass is 345 g/mol. The van der Waals surface area contributed by atoms with Gasteiger partial charge in [-0.1, -0.05) is 39.7 Å². The lowest BCUT2D eigenvalue weighted by Gasteiger charge is -2.16. The minimum Gasteiger partial charge on any atom is -0.320 e. The second-order valence-corrected chi connectivity index (χ2v) is 5.55. The van der Waals surface area contributed by atoms with Gasteiger partial charge in [0.15, 0.2) is 11.6 Å². The molecule has 0 saturated carbocycles. The van der Waals surface area contributed by atoms with Gasteiger partial charge in [0.2, 0.25) is 0 Å². The maximum absolute atomic E-state index is 13.3. The van der Waals surface area contributed by atoms with Crippen LogP contribution in [0.15, 0.2) is 34.8 Å². The SMILES string of the molecule is Cc1ccc(C(N)c2cc(F)c(F)cc2Cl)c(Br)c1. The first-order chi connectivity index (χ1) is 8.90. The summed E-state index contributed by atoms with van der Waals surface area (Å²) in [5.74, 6) is -1.94. The van der Waals surface area contributed by atoms with Crippen LogP contribution in [0.5, 0.6) is 0 Å². The van der Waals surface area contributed by atoms with Gasteiger partial charge in [-0.25, -0.2) is 8.78 Å². The van der Waals surface area contributed by atoms with E-state index in [9.17, 15) is 8.78 Å². The summed E-state index contributed by atoms with van der Waals surface area (Å²) in [5, 5.41) is 0.110. The average Bonchev–Trinajstić information content (AvgIpc) is 2.33. The van der Waals surface area contributed by atoms with Gasteiger partial charge in [-0.3, -0.25) is 0 Å². The normalized spacial score (nSPS) is 12.5. The molecule has 0 fully saturated rings. The van der Waals surface area contributed by atoms with Crippen LogP contribution in [0.3, 0.4) is 0 Å². The first-order valence-corrected chi connectivity index (χ1v) is 6.73. The van der Waals surface area contributed by atoms with Crippen molar-refractivity contribution in [3.8, 4) is 0 Å². The zero-order valence-electron chi connectivity index (χ0n) is 10.1. The lowest BCUT2D eigenvalue weighted by Crippen LogP contribution is -2.14. The Balaban J connectivity index is 2.49. The highest BCUT2D eigenvalue weighted by Gasteiger charge is 2.18. The van der Waals surface area contributed by atoms with Crippen LogP contribution in [-0.4, -0.2) is 0 Å². The molecule has 0 aromatic heterocycles. The molecule has 1 atom stereocenters. The lowest BCUT2D eigenvalue weighted by molar-refractivity contribution is 0.506. The van der Waals surface area contributed by atoms with Crippen molar-refractivity contribution in [2.45, 2.75) is 13.0 Å². The summed E-state index contributed by atoms with van der Waals surface area (Å²) < 4.78 is 27.2. The number of hydrogen-bond donors (Lipinski definition) is 1. The molecule has 0 radical (unpaired) electrons. The Bertz CT molecular complexity index is 631. The van der Waals surface area contributed by atoms with Gasteiger partial charge in [-0.05, 0) is 41.8 Å². The molecule has 0 bridgehead atoms. The standard InChI is InChI=1S/C14H11BrClF2N/c1-7-2-3-8(10(15)4-7)14(19)9-5-12(17)13(18)6-11(9)16/h2-6,14H,19H2,1H3. The van der Waals surface area contributed by atoms with Crippen LogP contribution >= 0.6 is 27.5 Å². The largest absolute Gasteiger partial charge is 0.320 e. The first kappa shape index (κ1) is 14.4. The average molecular weight is 347 g/mol. The minimum atomic E-state index is -0.982. The summed E-state index contributed by atoms with van der Waals surface area (Å²) in [4.78, 5) is 0. The molecule has 1 nitrogen and oxygen atoms in total. The van der Waals surface area contributed by atoms with E-state index in [0.717, 1.165) is 27.7 Å². The fourth-order valence-corrected chi connectivity index (χ4v) is 2.84. The van der Waals surface area contributed by atoms with E-state index in [1.165, 1.54) is 0 Å². The van der Waals surface area contributed by atoms with Gasteiger partial charge < -0.3 is 5.73 Å². The van der Waals surface area contributed by atoms with Gasteiger partial charge in [0.25, 0.3) is 0 Å². The van der Waals surface area contributed by atoms with Crippen LogP contribution in [0.25, 0.3) is 0 Å². The third kappa shape index (κ3) is 2.96. The molecule has 100 valence electrons. The maximum atomic E-state index is 13.3. The molecular formula is C14H11BrClF2N. The van der Waals surface area contributed by atoms with Crippen molar-refractivity contribution in [2.75, 3.05) is 0 Å². The molecule has 0 saturated heterocycles. The summed E-state index contributed by atoms with van der Waals surface area (Å²) in [6.45, 7) is 1.95. The second-order valence-electron chi connectivity index (χ2n) is 4.29. The molecule has 5 heteroatoms. The Morgan fingerprint density at radius 3 is 2.37 bits per heavy atom. The molecule has 19 heavy (non-hydrogen) atoms. The Morgan fingerprint density at radius 2 is 1.74 bits per heavy atom. The molecule has 1 unspecified atom stereocenters. The summed E-state index contributed by atoms with van der Waals surface area (Å²) in [6.07, 6.45) is 0. The van der Waals surface area contributed by atoms with Crippen molar-refractivity contribution in [2.24, 2.45) is 5.73 Å². The van der Waals surface area contributed by atoms with Gasteiger partial charge >= 0.3 is 0 Å². The molecular weight excluding hydrogens is 336 g/mol. The third-order valence-corrected chi connectivity index (χ3v) is 3.88. The minimum absolute atomic E-state index is 0.110. The van der Waals surface area contributed by atoms with Crippen molar-refractivity contribution < 1.29 is 8.78 Å². The number of aryl methyl sites for hydroxylation is 1. The highest BCUT2D eigenvalue weighted by Crippen LogP contribution is 2.32. The highest BCUT2D eigenvalue weighted by atomic mass is 79.9. The molecule has 2 rings (SSSR count). The number of nitrogens with two attached hydrogens (primary N) is 1. The molecule has 2 aromatic carbocycles. The third-order valence-electron chi connectivity index (χ3n) is 2.87. The Kier molecular flexibility index (Phi) is 4.23. The Hall–Kier alpha value is -0.970. The van der Waals surface area contributed by atoms with E-state index >= 15 is 0 Å². The Labute approximate surface area is 123 Å². The van der Waals surface area contributed by atoms with Crippen LogP contribution < -0.4 is 5.73 Å². The topological polar surface area (TPSA) is 26.0 Å². The second kappa shape index (κ2) is 5.57. The maximum Gasteiger partial charge on any atom is 0.160 e. The molecule has 2 N–H and O–H groups in total. The van der Waals surface area contributed by atoms with Crippen molar-refractivity contribution >= 4 is 27.5 Å². The zero-order valence-corrected chi connectivity index (χ0v) is 12.4. The van der Waals surface area contributed by atoms with Crippen LogP contribution in [0, 0.1) is 18.6 Å². The van der Waals surface area contributed by atoms with Gasteiger partial charge in [0, 0.05) is 9.50 Å². The van der Waals surface area contributed by atoms with E-state index in [2.05, 4.69) is 15.9 Å². The number of halogens is 4. The first-order valence-electron chi connectivity index (χ1n) is 5.56. The number of rotatable bonds is 2. The predicted octanol–water partition coefficient (Wildman–Crippen LogP) is 4.74. The van der Waals surface area contributed by atoms with Gasteiger partial charge in [0.05, 0.1) is 6.04 Å².